The first-order valence-corrected chi connectivity index (χ1v) is 11.5. The molecule has 1 aromatic carbocycles. The number of allylic oxidation sites excluding steroid dienone is 2. The van der Waals surface area contributed by atoms with Crippen molar-refractivity contribution < 1.29 is 18.4 Å². The van der Waals surface area contributed by atoms with Crippen LogP contribution in [0.4, 0.5) is 0 Å². The fraction of sp³-hybridized carbons (Fsp3) is 0.185. The molecule has 0 spiro atoms. The van der Waals surface area contributed by atoms with Gasteiger partial charge in [0.1, 0.15) is 22.8 Å². The summed E-state index contributed by atoms with van der Waals surface area (Å²) in [5.41, 5.74) is 2.22. The first-order chi connectivity index (χ1) is 17.2. The fourth-order valence-electron chi connectivity index (χ4n) is 4.59. The lowest BCUT2D eigenvalue weighted by Gasteiger charge is -2.21. The van der Waals surface area contributed by atoms with Crippen LogP contribution in [0, 0.1) is 0 Å². The number of carbonyl (C=O) groups is 2. The Kier molecular flexibility index (Phi) is 5.35. The van der Waals surface area contributed by atoms with Crippen LogP contribution < -0.4 is 5.32 Å². The van der Waals surface area contributed by atoms with Gasteiger partial charge >= 0.3 is 0 Å². The van der Waals surface area contributed by atoms with Gasteiger partial charge in [0.15, 0.2) is 11.5 Å². The van der Waals surface area contributed by atoms with Crippen molar-refractivity contribution in [3.05, 3.63) is 95.8 Å². The SMILES string of the molecule is O=C1C=C(N[C@@H]2CCN(Cc3ccccc3)C2)C(=O)c2nc(-c3ccco3)c(-c3ccco3)nc21. The smallest absolute Gasteiger partial charge is 0.229 e. The van der Waals surface area contributed by atoms with Crippen LogP contribution in [0.3, 0.4) is 0 Å². The van der Waals surface area contributed by atoms with E-state index in [1.165, 1.54) is 24.2 Å². The maximum absolute atomic E-state index is 13.4. The number of benzene rings is 1. The standard InChI is InChI=1S/C27H22N4O4/c32-20-14-19(28-18-10-11-31(16-18)15-17-6-2-1-3-7-17)27(33)26-23(20)29-24(21-8-4-12-34-21)25(30-26)22-9-5-13-35-22/h1-9,12-14,18,28H,10-11,15-16H2/t18-/m1/s1. The molecule has 3 aromatic heterocycles. The molecule has 1 aliphatic carbocycles. The number of aromatic nitrogens is 2. The second-order valence-corrected chi connectivity index (χ2v) is 8.67. The third kappa shape index (κ3) is 4.08. The number of Topliss-reactive ketones (excluding diaryl/α,β-unsaturated/α-hetero) is 1. The van der Waals surface area contributed by atoms with E-state index in [1.807, 2.05) is 18.2 Å². The van der Waals surface area contributed by atoms with Crippen molar-refractivity contribution in [2.24, 2.45) is 0 Å². The van der Waals surface area contributed by atoms with Gasteiger partial charge in [0.05, 0.1) is 18.2 Å². The van der Waals surface area contributed by atoms with Gasteiger partial charge in [0.2, 0.25) is 11.6 Å². The maximum atomic E-state index is 13.4. The highest BCUT2D eigenvalue weighted by Gasteiger charge is 2.34. The van der Waals surface area contributed by atoms with Crippen LogP contribution in [0.15, 0.2) is 87.7 Å². The summed E-state index contributed by atoms with van der Waals surface area (Å²) in [5.74, 6) is 0.146. The van der Waals surface area contributed by atoms with E-state index in [-0.39, 0.29) is 34.7 Å². The molecule has 0 unspecified atom stereocenters. The maximum Gasteiger partial charge on any atom is 0.229 e. The zero-order valence-corrected chi connectivity index (χ0v) is 18.8. The van der Waals surface area contributed by atoms with Gasteiger partial charge in [0, 0.05) is 31.8 Å². The summed E-state index contributed by atoms with van der Waals surface area (Å²) in [6.07, 6.45) is 5.24. The number of ketones is 2. The van der Waals surface area contributed by atoms with Crippen molar-refractivity contribution in [1.82, 2.24) is 20.2 Å². The van der Waals surface area contributed by atoms with Crippen molar-refractivity contribution >= 4 is 11.6 Å². The van der Waals surface area contributed by atoms with E-state index in [1.54, 1.807) is 24.3 Å². The Labute approximate surface area is 201 Å². The summed E-state index contributed by atoms with van der Waals surface area (Å²) < 4.78 is 11.0. The minimum Gasteiger partial charge on any atom is -0.463 e. The number of furan rings is 2. The third-order valence-electron chi connectivity index (χ3n) is 6.25. The molecule has 2 aliphatic rings. The lowest BCUT2D eigenvalue weighted by atomic mass is 9.99. The molecule has 174 valence electrons. The Bertz CT molecular complexity index is 1410. The van der Waals surface area contributed by atoms with Crippen LogP contribution in [0.2, 0.25) is 0 Å². The van der Waals surface area contributed by atoms with Gasteiger partial charge in [-0.1, -0.05) is 30.3 Å². The predicted octanol–water partition coefficient (Wildman–Crippen LogP) is 4.12. The normalized spacial score (nSPS) is 17.9. The highest BCUT2D eigenvalue weighted by molar-refractivity contribution is 6.23. The molecule has 6 rings (SSSR count). The van der Waals surface area contributed by atoms with Crippen molar-refractivity contribution in [3.8, 4) is 22.9 Å². The number of nitrogens with one attached hydrogen (secondary N) is 1. The van der Waals surface area contributed by atoms with Crippen LogP contribution in [0.5, 0.6) is 0 Å². The molecule has 8 heteroatoms. The van der Waals surface area contributed by atoms with Crippen molar-refractivity contribution in [1.29, 1.82) is 0 Å². The molecular weight excluding hydrogens is 444 g/mol. The van der Waals surface area contributed by atoms with Crippen LogP contribution in [0.1, 0.15) is 33.0 Å². The van der Waals surface area contributed by atoms with E-state index in [9.17, 15) is 9.59 Å². The highest BCUT2D eigenvalue weighted by atomic mass is 16.3. The molecule has 4 aromatic rings. The van der Waals surface area contributed by atoms with Gasteiger partial charge in [0.25, 0.3) is 0 Å². The lowest BCUT2D eigenvalue weighted by molar-refractivity contribution is 0.0969. The van der Waals surface area contributed by atoms with Crippen molar-refractivity contribution in [2.45, 2.75) is 19.0 Å². The van der Waals surface area contributed by atoms with Crippen molar-refractivity contribution in [3.63, 3.8) is 0 Å². The summed E-state index contributed by atoms with van der Waals surface area (Å²) in [6.45, 7) is 2.54. The number of nitrogens with zero attached hydrogens (tertiary/aromatic N) is 3. The summed E-state index contributed by atoms with van der Waals surface area (Å²) in [4.78, 5) is 37.8. The molecule has 1 N–H and O–H groups in total. The lowest BCUT2D eigenvalue weighted by Crippen LogP contribution is -2.37. The summed E-state index contributed by atoms with van der Waals surface area (Å²) in [5, 5.41) is 3.29. The molecule has 4 heterocycles. The molecule has 1 atom stereocenters. The Hall–Kier alpha value is -4.30. The number of fused-ring (bicyclic) bond motifs is 1. The molecule has 0 radical (unpaired) electrons. The average molecular weight is 466 g/mol. The van der Waals surface area contributed by atoms with Gasteiger partial charge in [-0.3, -0.25) is 14.5 Å². The van der Waals surface area contributed by atoms with Gasteiger partial charge in [-0.15, -0.1) is 0 Å². The first kappa shape index (κ1) is 21.2. The van der Waals surface area contributed by atoms with Gasteiger partial charge < -0.3 is 14.2 Å². The van der Waals surface area contributed by atoms with Crippen LogP contribution in [-0.4, -0.2) is 45.6 Å². The molecule has 1 fully saturated rings. The zero-order valence-electron chi connectivity index (χ0n) is 18.8. The molecule has 0 amide bonds. The Balaban J connectivity index is 1.26. The van der Waals surface area contributed by atoms with Gasteiger partial charge in [-0.05, 0) is 36.2 Å². The number of hydrogen-bond donors (Lipinski definition) is 1. The minimum absolute atomic E-state index is 0.0133. The minimum atomic E-state index is -0.368. The van der Waals surface area contributed by atoms with Crippen LogP contribution in [0.25, 0.3) is 22.9 Å². The second-order valence-electron chi connectivity index (χ2n) is 8.67. The van der Waals surface area contributed by atoms with E-state index in [2.05, 4.69) is 32.3 Å². The first-order valence-electron chi connectivity index (χ1n) is 11.5. The Morgan fingerprint density at radius 2 is 1.54 bits per heavy atom. The number of hydrogen-bond acceptors (Lipinski definition) is 8. The number of likely N-dealkylation sites (tertiary alicyclic amines) is 1. The highest BCUT2D eigenvalue weighted by Crippen LogP contribution is 2.32. The molecule has 0 saturated carbocycles. The zero-order chi connectivity index (χ0) is 23.8. The van der Waals surface area contributed by atoms with E-state index >= 15 is 0 Å². The summed E-state index contributed by atoms with van der Waals surface area (Å²) in [6, 6.07) is 17.2. The summed E-state index contributed by atoms with van der Waals surface area (Å²) >= 11 is 0. The van der Waals surface area contributed by atoms with Crippen LogP contribution >= 0.6 is 0 Å². The predicted molar refractivity (Wildman–Crippen MR) is 127 cm³/mol. The molecule has 1 saturated heterocycles. The quantitative estimate of drug-likeness (QED) is 0.453. The van der Waals surface area contributed by atoms with Gasteiger partial charge in [-0.25, -0.2) is 9.97 Å². The molecule has 1 aliphatic heterocycles. The second kappa shape index (κ2) is 8.81. The van der Waals surface area contributed by atoms with E-state index < -0.39 is 0 Å². The Morgan fingerprint density at radius 3 is 2.20 bits per heavy atom. The molecule has 8 nitrogen and oxygen atoms in total. The largest absolute Gasteiger partial charge is 0.463 e. The van der Waals surface area contributed by atoms with Crippen molar-refractivity contribution in [2.75, 3.05) is 13.1 Å². The monoisotopic (exact) mass is 466 g/mol. The fourth-order valence-corrected chi connectivity index (χ4v) is 4.59. The topological polar surface area (TPSA) is 101 Å². The Morgan fingerprint density at radius 1 is 0.857 bits per heavy atom. The van der Waals surface area contributed by atoms with E-state index in [4.69, 9.17) is 8.83 Å². The summed E-state index contributed by atoms with van der Waals surface area (Å²) in [7, 11) is 0. The van der Waals surface area contributed by atoms with E-state index in [0.29, 0.717) is 22.9 Å². The molecular formula is C27H22N4O4. The third-order valence-corrected chi connectivity index (χ3v) is 6.25. The molecule has 0 bridgehead atoms. The molecule has 35 heavy (non-hydrogen) atoms. The van der Waals surface area contributed by atoms with Gasteiger partial charge in [-0.2, -0.15) is 0 Å². The number of rotatable bonds is 6. The van der Waals surface area contributed by atoms with Crippen LogP contribution in [-0.2, 0) is 6.54 Å². The van der Waals surface area contributed by atoms with E-state index in [0.717, 1.165) is 26.1 Å². The number of carbonyl (C=O) groups excluding carboxylic acids is 2. The average Bonchev–Trinajstić information content (AvgIpc) is 3.66.